The number of aromatic nitrogens is 2. The lowest BCUT2D eigenvalue weighted by molar-refractivity contribution is -0.126. The van der Waals surface area contributed by atoms with E-state index in [1.54, 1.807) is 33.4 Å². The number of thiophene rings is 2. The number of primary amides is 2. The van der Waals surface area contributed by atoms with Gasteiger partial charge in [0.15, 0.2) is 5.69 Å². The van der Waals surface area contributed by atoms with Gasteiger partial charge >= 0.3 is 5.97 Å². The van der Waals surface area contributed by atoms with E-state index in [0.29, 0.717) is 44.5 Å². The molecular weight excluding hydrogens is 901 g/mol. The molecule has 19 heteroatoms. The largest absolute Gasteiger partial charge is 0.476 e. The third kappa shape index (κ3) is 12.4. The van der Waals surface area contributed by atoms with Gasteiger partial charge < -0.3 is 48.1 Å². The van der Waals surface area contributed by atoms with Crippen LogP contribution < -0.4 is 43.0 Å². The lowest BCUT2D eigenvalue weighted by Crippen LogP contribution is -2.62. The molecule has 0 saturated carbocycles. The van der Waals surface area contributed by atoms with Crippen molar-refractivity contribution in [1.29, 1.82) is 0 Å². The highest BCUT2D eigenvalue weighted by molar-refractivity contribution is 7.20. The maximum Gasteiger partial charge on any atom is 0.355 e. The van der Waals surface area contributed by atoms with Crippen LogP contribution in [0.15, 0.2) is 94.3 Å². The van der Waals surface area contributed by atoms with Crippen LogP contribution in [0.25, 0.3) is 19.8 Å². The molecule has 0 aliphatic carbocycles. The van der Waals surface area contributed by atoms with Gasteiger partial charge in [-0.05, 0) is 101 Å². The van der Waals surface area contributed by atoms with E-state index in [1.165, 1.54) is 22.7 Å². The lowest BCUT2D eigenvalue weighted by Gasteiger charge is -2.42. The molecule has 6 heterocycles. The van der Waals surface area contributed by atoms with E-state index in [4.69, 9.17) is 22.3 Å². The molecule has 0 radical (unpaired) electrons. The first-order valence-corrected chi connectivity index (χ1v) is 24.7. The predicted octanol–water partition coefficient (Wildman–Crippen LogP) is 7.61. The SMILES string of the molecule is CC(C)NC1(C(N)=O)CCN(c2ccccc2N)CC1.CC(C)NC1(C(N)=O)CCN(c2ccccc2NC(=O)c2csc(-c3cccs3)n2)CC1.O=C(O)c1csc(-c2cccs2)n1. The van der Waals surface area contributed by atoms with E-state index in [0.717, 1.165) is 55.6 Å². The van der Waals surface area contributed by atoms with Crippen LogP contribution in [0.5, 0.6) is 0 Å². The van der Waals surface area contributed by atoms with Crippen molar-refractivity contribution >= 4 is 91.8 Å². The minimum absolute atomic E-state index is 0.119. The van der Waals surface area contributed by atoms with Gasteiger partial charge in [-0.15, -0.1) is 45.3 Å². The van der Waals surface area contributed by atoms with Gasteiger partial charge in [0.05, 0.1) is 32.5 Å². The number of nitrogen functional groups attached to an aromatic ring is 1. The Morgan fingerprint density at radius 2 is 1.08 bits per heavy atom. The molecule has 0 bridgehead atoms. The van der Waals surface area contributed by atoms with Crippen molar-refractivity contribution in [2.24, 2.45) is 11.5 Å². The Bertz CT molecular complexity index is 2510. The second-order valence-electron chi connectivity index (χ2n) is 16.3. The van der Waals surface area contributed by atoms with Crippen LogP contribution >= 0.6 is 45.3 Å². The number of hydrogen-bond acceptors (Lipinski definition) is 15. The average molecular weight is 957 g/mol. The van der Waals surface area contributed by atoms with Crippen LogP contribution in [0.3, 0.4) is 0 Å². The predicted molar refractivity (Wildman–Crippen MR) is 266 cm³/mol. The van der Waals surface area contributed by atoms with Crippen molar-refractivity contribution in [2.75, 3.05) is 47.0 Å². The first-order chi connectivity index (χ1) is 31.1. The summed E-state index contributed by atoms with van der Waals surface area (Å²) in [6.45, 7) is 11.0. The summed E-state index contributed by atoms with van der Waals surface area (Å²) >= 11 is 5.98. The van der Waals surface area contributed by atoms with Gasteiger partial charge in [-0.1, -0.05) is 36.4 Å². The number of piperidine rings is 2. The minimum Gasteiger partial charge on any atom is -0.476 e. The zero-order valence-corrected chi connectivity index (χ0v) is 40.0. The molecule has 2 saturated heterocycles. The number of carbonyl (C=O) groups is 4. The second kappa shape index (κ2) is 22.0. The molecule has 344 valence electrons. The quantitative estimate of drug-likeness (QED) is 0.0555. The molecule has 0 unspecified atom stereocenters. The van der Waals surface area contributed by atoms with Crippen molar-refractivity contribution < 1.29 is 24.3 Å². The fourth-order valence-corrected chi connectivity index (χ4v) is 11.1. The summed E-state index contributed by atoms with van der Waals surface area (Å²) in [4.78, 5) is 62.4. The number of aromatic carboxylic acids is 1. The van der Waals surface area contributed by atoms with Crippen LogP contribution in [-0.2, 0) is 9.59 Å². The standard InChI is InChI=1S/C23H27N5O2S2.C15H24N4O.C8H5NO2S2/c1-15(2)27-23(22(24)30)9-11-28(12-10-23)18-7-4-3-6-16(18)25-20(29)17-14-32-21(26-17)19-8-5-13-31-19;1-11(2)18-15(14(17)20)7-9-19(10-8-15)13-6-4-3-5-12(13)16;10-8(11)5-4-13-7(9-5)6-2-1-3-12-6/h3-8,13-15,27H,9-12H2,1-2H3,(H2,24,30)(H,25,29);3-6,11,18H,7-10,16H2,1-2H3,(H2,17,20);1-4H,(H,10,11). The first-order valence-electron chi connectivity index (χ1n) is 21.2. The third-order valence-electron chi connectivity index (χ3n) is 11.0. The van der Waals surface area contributed by atoms with Crippen LogP contribution in [0.2, 0.25) is 0 Å². The maximum atomic E-state index is 12.9. The Kier molecular flexibility index (Phi) is 16.5. The van der Waals surface area contributed by atoms with Gasteiger partial charge in [0.1, 0.15) is 26.8 Å². The maximum absolute atomic E-state index is 12.9. The monoisotopic (exact) mass is 956 g/mol. The Labute approximate surface area is 395 Å². The number of para-hydroxylation sites is 4. The van der Waals surface area contributed by atoms with E-state index >= 15 is 0 Å². The number of hydrogen-bond donors (Lipinski definition) is 7. The van der Waals surface area contributed by atoms with Crippen LogP contribution in [0.4, 0.5) is 22.7 Å². The van der Waals surface area contributed by atoms with E-state index in [2.05, 4.69) is 35.7 Å². The van der Waals surface area contributed by atoms with E-state index in [1.807, 2.05) is 111 Å². The molecule has 6 aromatic rings. The summed E-state index contributed by atoms with van der Waals surface area (Å²) in [6, 6.07) is 23.8. The highest BCUT2D eigenvalue weighted by Crippen LogP contribution is 2.34. The zero-order valence-electron chi connectivity index (χ0n) is 36.8. The number of carboxylic acids is 1. The van der Waals surface area contributed by atoms with Gasteiger partial charge in [0.2, 0.25) is 11.8 Å². The van der Waals surface area contributed by atoms with Crippen molar-refractivity contribution in [1.82, 2.24) is 20.6 Å². The zero-order chi connectivity index (χ0) is 46.7. The van der Waals surface area contributed by atoms with Gasteiger partial charge in [0, 0.05) is 49.0 Å². The molecule has 2 fully saturated rings. The number of benzene rings is 2. The van der Waals surface area contributed by atoms with Crippen LogP contribution in [0, 0.1) is 0 Å². The number of carboxylic acid groups (broad SMARTS) is 1. The molecule has 2 aromatic carbocycles. The molecular formula is C46H56N10O5S4. The minimum atomic E-state index is -0.973. The molecule has 15 nitrogen and oxygen atoms in total. The number of anilines is 4. The summed E-state index contributed by atoms with van der Waals surface area (Å²) in [5, 5.41) is 27.3. The van der Waals surface area contributed by atoms with Crippen LogP contribution in [0.1, 0.15) is 74.4 Å². The third-order valence-corrected chi connectivity index (χ3v) is 14.8. The Morgan fingerprint density at radius 1 is 0.631 bits per heavy atom. The fraction of sp³-hybridized carbons (Fsp3) is 0.348. The molecule has 0 atom stereocenters. The van der Waals surface area contributed by atoms with E-state index < -0.39 is 17.0 Å². The summed E-state index contributed by atoms with van der Waals surface area (Å²) < 4.78 is 0. The number of nitrogens with zero attached hydrogens (tertiary/aromatic N) is 4. The van der Waals surface area contributed by atoms with E-state index in [-0.39, 0.29) is 35.5 Å². The van der Waals surface area contributed by atoms with Crippen molar-refractivity contribution in [2.45, 2.75) is 76.5 Å². The molecule has 4 aromatic heterocycles. The summed E-state index contributed by atoms with van der Waals surface area (Å²) in [7, 11) is 0. The molecule has 10 N–H and O–H groups in total. The van der Waals surface area contributed by atoms with Crippen molar-refractivity contribution in [3.8, 4) is 19.8 Å². The number of rotatable bonds is 13. The smallest absolute Gasteiger partial charge is 0.355 e. The van der Waals surface area contributed by atoms with Crippen molar-refractivity contribution in [3.05, 3.63) is 106 Å². The number of nitrogens with one attached hydrogen (secondary N) is 3. The second-order valence-corrected chi connectivity index (χ2v) is 19.9. The molecule has 3 amide bonds. The summed E-state index contributed by atoms with van der Waals surface area (Å²) in [5.74, 6) is -1.77. The molecule has 8 rings (SSSR count). The molecule has 65 heavy (non-hydrogen) atoms. The molecule has 0 spiro atoms. The number of nitrogens with two attached hydrogens (primary N) is 3. The molecule has 2 aliphatic rings. The molecule has 2 aliphatic heterocycles. The van der Waals surface area contributed by atoms with Gasteiger partial charge in [0.25, 0.3) is 5.91 Å². The number of carbonyl (C=O) groups excluding carboxylic acids is 3. The number of thiazole rings is 2. The first kappa shape index (κ1) is 48.7. The lowest BCUT2D eigenvalue weighted by atomic mass is 9.85. The summed E-state index contributed by atoms with van der Waals surface area (Å²) in [5.41, 5.74) is 20.1. The topological polar surface area (TPSA) is 235 Å². The average Bonchev–Trinajstić information content (AvgIpc) is 4.13. The Balaban J connectivity index is 0.000000180. The highest BCUT2D eigenvalue weighted by Gasteiger charge is 2.41. The van der Waals surface area contributed by atoms with Gasteiger partial charge in [-0.2, -0.15) is 0 Å². The number of amides is 3. The van der Waals surface area contributed by atoms with Crippen LogP contribution in [-0.4, -0.2) is 88.1 Å². The van der Waals surface area contributed by atoms with Gasteiger partial charge in [-0.25, -0.2) is 14.8 Å². The highest BCUT2D eigenvalue weighted by atomic mass is 32.1. The van der Waals surface area contributed by atoms with Crippen molar-refractivity contribution in [3.63, 3.8) is 0 Å². The fourth-order valence-electron chi connectivity index (χ4n) is 7.88. The van der Waals surface area contributed by atoms with E-state index in [9.17, 15) is 19.2 Å². The Hall–Kier alpha value is -5.70. The normalized spacial score (nSPS) is 15.4. The summed E-state index contributed by atoms with van der Waals surface area (Å²) in [6.07, 6.45) is 2.63. The Morgan fingerprint density at radius 3 is 1.51 bits per heavy atom. The van der Waals surface area contributed by atoms with Gasteiger partial charge in [-0.3, -0.25) is 14.4 Å².